The SMILES string of the molecule is CC/C=C\C/C=C\C/C=C\C/C=C\C/C=C\CCCC(=O)OC(COC(=O)CCCCCCCCCCCCCCCCCCCCCCCCCCC/C=C\CCCCCCCCCC)COP(=O)(O)OCCN. The van der Waals surface area contributed by atoms with E-state index in [1.54, 1.807) is 0 Å². The molecule has 0 aliphatic carbocycles. The standard InChI is InChI=1S/C65H118NO8P/c1-3-5-7-9-11-13-15-17-19-21-22-23-24-25-26-27-28-29-30-31-32-33-34-35-36-37-38-39-40-42-43-45-47-49-51-53-55-57-64(67)71-61-63(62-73-75(69,70)72-60-59-66)74-65(68)58-56-54-52-50-48-46-44-41-20-18-16-14-12-10-8-6-4-2/h6,8,12,14,18,20-22,44,46,50,52,63H,3-5,7,9-11,13,15-17,19,23-43,45,47-49,51,53-62,66H2,1-2H3,(H,69,70)/b8-6-,14-12-,20-18-,22-21-,46-44-,52-50-. The molecule has 0 amide bonds. The molecule has 0 aromatic carbocycles. The third-order valence-corrected chi connectivity index (χ3v) is 14.6. The molecule has 0 heterocycles. The number of ether oxygens (including phenoxy) is 2. The Morgan fingerprint density at radius 1 is 0.413 bits per heavy atom. The Balaban J connectivity index is 3.82. The van der Waals surface area contributed by atoms with Crippen LogP contribution in [0, 0.1) is 0 Å². The molecule has 0 rings (SSSR count). The summed E-state index contributed by atoms with van der Waals surface area (Å²) in [5, 5.41) is 0. The van der Waals surface area contributed by atoms with Gasteiger partial charge in [0.05, 0.1) is 13.2 Å². The minimum Gasteiger partial charge on any atom is -0.462 e. The summed E-state index contributed by atoms with van der Waals surface area (Å²) in [6.07, 6.45) is 78.7. The van der Waals surface area contributed by atoms with Gasteiger partial charge < -0.3 is 20.1 Å². The Hall–Kier alpha value is -2.55. The van der Waals surface area contributed by atoms with E-state index in [-0.39, 0.29) is 32.6 Å². The highest BCUT2D eigenvalue weighted by Gasteiger charge is 2.26. The van der Waals surface area contributed by atoms with Gasteiger partial charge in [0.1, 0.15) is 6.61 Å². The Kier molecular flexibility index (Phi) is 58.6. The molecule has 0 spiro atoms. The summed E-state index contributed by atoms with van der Waals surface area (Å²) < 4.78 is 32.9. The summed E-state index contributed by atoms with van der Waals surface area (Å²) in [5.41, 5.74) is 5.37. The van der Waals surface area contributed by atoms with Crippen molar-refractivity contribution in [1.82, 2.24) is 0 Å². The van der Waals surface area contributed by atoms with Crippen LogP contribution in [0.3, 0.4) is 0 Å². The van der Waals surface area contributed by atoms with E-state index in [1.807, 2.05) is 6.08 Å². The molecule has 0 aromatic heterocycles. The molecule has 0 bridgehead atoms. The van der Waals surface area contributed by atoms with E-state index in [4.69, 9.17) is 24.3 Å². The monoisotopic (exact) mass is 1070 g/mol. The number of hydrogen-bond donors (Lipinski definition) is 2. The number of unbranched alkanes of at least 4 members (excludes halogenated alkanes) is 34. The minimum absolute atomic E-state index is 0.0426. The van der Waals surface area contributed by atoms with Crippen LogP contribution < -0.4 is 5.73 Å². The number of phosphoric ester groups is 1. The Morgan fingerprint density at radius 3 is 1.15 bits per heavy atom. The lowest BCUT2D eigenvalue weighted by molar-refractivity contribution is -0.161. The molecule has 0 fully saturated rings. The Bertz CT molecular complexity index is 1460. The zero-order chi connectivity index (χ0) is 54.5. The molecule has 3 N–H and O–H groups in total. The minimum atomic E-state index is -4.40. The second kappa shape index (κ2) is 60.7. The van der Waals surface area contributed by atoms with Crippen molar-refractivity contribution < 1.29 is 37.6 Å². The number of carbonyl (C=O) groups is 2. The average Bonchev–Trinajstić information content (AvgIpc) is 3.40. The Labute approximate surface area is 462 Å². The van der Waals surface area contributed by atoms with Crippen molar-refractivity contribution >= 4 is 19.8 Å². The van der Waals surface area contributed by atoms with E-state index in [0.29, 0.717) is 12.8 Å². The zero-order valence-electron chi connectivity index (χ0n) is 48.8. The number of rotatable bonds is 59. The van der Waals surface area contributed by atoms with Gasteiger partial charge in [0, 0.05) is 19.4 Å². The van der Waals surface area contributed by atoms with E-state index < -0.39 is 32.5 Å². The molecule has 0 saturated carbocycles. The number of esters is 2. The molecule has 75 heavy (non-hydrogen) atoms. The first-order chi connectivity index (χ1) is 36.8. The molecule has 0 saturated heterocycles. The smallest absolute Gasteiger partial charge is 0.462 e. The van der Waals surface area contributed by atoms with Gasteiger partial charge >= 0.3 is 19.8 Å². The summed E-state index contributed by atoms with van der Waals surface area (Å²) in [4.78, 5) is 35.1. The molecular weight excluding hydrogens is 954 g/mol. The molecule has 2 unspecified atom stereocenters. The van der Waals surface area contributed by atoms with Gasteiger partial charge in [-0.25, -0.2) is 4.57 Å². The average molecular weight is 1070 g/mol. The first kappa shape index (κ1) is 72.5. The third kappa shape index (κ3) is 60.5. The maximum atomic E-state index is 12.6. The summed E-state index contributed by atoms with van der Waals surface area (Å²) in [7, 11) is -4.40. The second-order valence-corrected chi connectivity index (χ2v) is 22.3. The molecule has 0 radical (unpaired) electrons. The number of allylic oxidation sites excluding steroid dienone is 12. The fourth-order valence-electron chi connectivity index (χ4n) is 8.96. The van der Waals surface area contributed by atoms with E-state index in [9.17, 15) is 19.0 Å². The number of nitrogens with two attached hydrogens (primary N) is 1. The number of hydrogen-bond acceptors (Lipinski definition) is 8. The molecule has 0 aliphatic heterocycles. The first-order valence-electron chi connectivity index (χ1n) is 31.4. The van der Waals surface area contributed by atoms with Gasteiger partial charge in [0.15, 0.2) is 6.10 Å². The molecule has 0 aromatic rings. The van der Waals surface area contributed by atoms with Gasteiger partial charge in [-0.3, -0.25) is 18.6 Å². The highest BCUT2D eigenvalue weighted by atomic mass is 31.2. The van der Waals surface area contributed by atoms with Crippen LogP contribution in [0.4, 0.5) is 0 Å². The van der Waals surface area contributed by atoms with Gasteiger partial charge in [-0.05, 0) is 77.0 Å². The summed E-state index contributed by atoms with van der Waals surface area (Å²) in [5.74, 6) is -0.889. The van der Waals surface area contributed by atoms with Crippen LogP contribution in [0.15, 0.2) is 72.9 Å². The second-order valence-electron chi connectivity index (χ2n) is 20.9. The molecule has 9 nitrogen and oxygen atoms in total. The van der Waals surface area contributed by atoms with Crippen LogP contribution >= 0.6 is 7.82 Å². The molecular formula is C65H118NO8P. The van der Waals surface area contributed by atoms with Gasteiger partial charge in [-0.2, -0.15) is 0 Å². The third-order valence-electron chi connectivity index (χ3n) is 13.6. The first-order valence-corrected chi connectivity index (χ1v) is 32.9. The predicted molar refractivity (Wildman–Crippen MR) is 321 cm³/mol. The predicted octanol–water partition coefficient (Wildman–Crippen LogP) is 20.1. The fraction of sp³-hybridized carbons (Fsp3) is 0.785. The van der Waals surface area contributed by atoms with Crippen LogP contribution in [0.25, 0.3) is 0 Å². The lowest BCUT2D eigenvalue weighted by Gasteiger charge is -2.19. The molecule has 2 atom stereocenters. The van der Waals surface area contributed by atoms with Gasteiger partial charge in [-0.15, -0.1) is 0 Å². The van der Waals surface area contributed by atoms with Crippen LogP contribution in [-0.4, -0.2) is 49.3 Å². The van der Waals surface area contributed by atoms with Gasteiger partial charge in [0.25, 0.3) is 0 Å². The molecule has 436 valence electrons. The van der Waals surface area contributed by atoms with Crippen molar-refractivity contribution in [2.45, 2.75) is 302 Å². The van der Waals surface area contributed by atoms with Gasteiger partial charge in [0.2, 0.25) is 0 Å². The van der Waals surface area contributed by atoms with Gasteiger partial charge in [-0.1, -0.05) is 279 Å². The van der Waals surface area contributed by atoms with Crippen molar-refractivity contribution in [3.8, 4) is 0 Å². The van der Waals surface area contributed by atoms with E-state index >= 15 is 0 Å². The van der Waals surface area contributed by atoms with Crippen molar-refractivity contribution in [3.63, 3.8) is 0 Å². The maximum absolute atomic E-state index is 12.6. The maximum Gasteiger partial charge on any atom is 0.472 e. The summed E-state index contributed by atoms with van der Waals surface area (Å²) >= 11 is 0. The molecule has 0 aliphatic rings. The zero-order valence-corrected chi connectivity index (χ0v) is 49.7. The normalized spacial score (nSPS) is 13.5. The highest BCUT2D eigenvalue weighted by molar-refractivity contribution is 7.47. The largest absolute Gasteiger partial charge is 0.472 e. The lowest BCUT2D eigenvalue weighted by Crippen LogP contribution is -2.29. The summed E-state index contributed by atoms with van der Waals surface area (Å²) in [6, 6.07) is 0. The van der Waals surface area contributed by atoms with Crippen LogP contribution in [-0.2, 0) is 32.7 Å². The molecule has 10 heteroatoms. The fourth-order valence-corrected chi connectivity index (χ4v) is 9.73. The quantitative estimate of drug-likeness (QED) is 0.0264. The van der Waals surface area contributed by atoms with Crippen molar-refractivity contribution in [1.29, 1.82) is 0 Å². The summed E-state index contributed by atoms with van der Waals surface area (Å²) in [6.45, 7) is 3.59. The topological polar surface area (TPSA) is 134 Å². The lowest BCUT2D eigenvalue weighted by atomic mass is 10.0. The number of carbonyl (C=O) groups excluding carboxylic acids is 2. The number of phosphoric acid groups is 1. The van der Waals surface area contributed by atoms with E-state index in [0.717, 1.165) is 51.4 Å². The van der Waals surface area contributed by atoms with Crippen LogP contribution in [0.5, 0.6) is 0 Å². The van der Waals surface area contributed by atoms with Crippen LogP contribution in [0.2, 0.25) is 0 Å². The van der Waals surface area contributed by atoms with Crippen molar-refractivity contribution in [3.05, 3.63) is 72.9 Å². The van der Waals surface area contributed by atoms with E-state index in [1.165, 1.54) is 205 Å². The Morgan fingerprint density at radius 2 is 0.747 bits per heavy atom. The van der Waals surface area contributed by atoms with Crippen molar-refractivity contribution in [2.75, 3.05) is 26.4 Å². The van der Waals surface area contributed by atoms with Crippen molar-refractivity contribution in [2.24, 2.45) is 5.73 Å². The van der Waals surface area contributed by atoms with E-state index in [2.05, 4.69) is 80.7 Å². The highest BCUT2D eigenvalue weighted by Crippen LogP contribution is 2.43. The van der Waals surface area contributed by atoms with Crippen LogP contribution in [0.1, 0.15) is 296 Å².